The van der Waals surface area contributed by atoms with Crippen LogP contribution in [0.3, 0.4) is 0 Å². The molecule has 3 aromatic rings. The Morgan fingerprint density at radius 3 is 2.70 bits per heavy atom. The predicted molar refractivity (Wildman–Crippen MR) is 94.2 cm³/mol. The Morgan fingerprint density at radius 1 is 1.13 bits per heavy atom. The summed E-state index contributed by atoms with van der Waals surface area (Å²) in [6.07, 6.45) is 0. The van der Waals surface area contributed by atoms with Crippen molar-refractivity contribution in [1.29, 1.82) is 0 Å². The lowest BCUT2D eigenvalue weighted by Crippen LogP contribution is -2.05. The lowest BCUT2D eigenvalue weighted by molar-refractivity contribution is 0.273. The van der Waals surface area contributed by atoms with Crippen LogP contribution in [0.5, 0.6) is 5.75 Å². The van der Waals surface area contributed by atoms with E-state index < -0.39 is 0 Å². The zero-order valence-electron chi connectivity index (χ0n) is 13.1. The summed E-state index contributed by atoms with van der Waals surface area (Å²) >= 11 is 1.65. The Kier molecular flexibility index (Phi) is 5.20. The van der Waals surface area contributed by atoms with Gasteiger partial charge >= 0.3 is 0 Å². The molecule has 0 aliphatic carbocycles. The van der Waals surface area contributed by atoms with Crippen molar-refractivity contribution in [2.24, 2.45) is 0 Å². The van der Waals surface area contributed by atoms with E-state index in [9.17, 15) is 5.11 Å². The summed E-state index contributed by atoms with van der Waals surface area (Å²) in [6.45, 7) is 3.34. The quantitative estimate of drug-likeness (QED) is 0.532. The molecule has 0 fully saturated rings. The number of para-hydroxylation sites is 2. The average Bonchev–Trinajstić information content (AvgIpc) is 2.92. The van der Waals surface area contributed by atoms with Crippen molar-refractivity contribution < 1.29 is 9.84 Å². The van der Waals surface area contributed by atoms with Crippen molar-refractivity contribution in [2.75, 3.05) is 19.0 Å². The van der Waals surface area contributed by atoms with E-state index in [-0.39, 0.29) is 6.61 Å². The topological polar surface area (TPSA) is 47.3 Å². The van der Waals surface area contributed by atoms with E-state index in [1.54, 1.807) is 11.8 Å². The number of ether oxygens (including phenoxy) is 1. The van der Waals surface area contributed by atoms with Crippen LogP contribution in [-0.2, 0) is 6.54 Å². The van der Waals surface area contributed by atoms with Gasteiger partial charge in [0.1, 0.15) is 5.75 Å². The molecule has 0 atom stereocenters. The van der Waals surface area contributed by atoms with E-state index in [1.165, 1.54) is 5.56 Å². The Morgan fingerprint density at radius 2 is 1.91 bits per heavy atom. The standard InChI is InChI=1S/C18H20N2O2S/c1-14-6-8-15(9-7-14)22-12-13-23-18-19-16-4-2-3-5-17(16)20(18)10-11-21/h2-9,21H,10-13H2,1H3. The molecule has 0 saturated carbocycles. The molecule has 1 heterocycles. The Bertz CT molecular complexity index is 768. The van der Waals surface area contributed by atoms with E-state index in [4.69, 9.17) is 4.74 Å². The molecule has 0 amide bonds. The lowest BCUT2D eigenvalue weighted by Gasteiger charge is -2.08. The summed E-state index contributed by atoms with van der Waals surface area (Å²) in [7, 11) is 0. The van der Waals surface area contributed by atoms with Gasteiger partial charge in [0.05, 0.1) is 24.2 Å². The minimum absolute atomic E-state index is 0.105. The van der Waals surface area contributed by atoms with Crippen molar-refractivity contribution >= 4 is 22.8 Å². The minimum atomic E-state index is 0.105. The molecule has 0 bridgehead atoms. The van der Waals surface area contributed by atoms with Gasteiger partial charge in [0.25, 0.3) is 0 Å². The normalized spacial score (nSPS) is 11.0. The van der Waals surface area contributed by atoms with Crippen molar-refractivity contribution in [1.82, 2.24) is 9.55 Å². The van der Waals surface area contributed by atoms with Gasteiger partial charge in [-0.3, -0.25) is 0 Å². The van der Waals surface area contributed by atoms with Crippen molar-refractivity contribution in [3.8, 4) is 5.75 Å². The predicted octanol–water partition coefficient (Wildman–Crippen LogP) is 3.51. The molecule has 1 aromatic heterocycles. The van der Waals surface area contributed by atoms with Gasteiger partial charge < -0.3 is 14.4 Å². The molecule has 0 aliphatic rings. The highest BCUT2D eigenvalue weighted by atomic mass is 32.2. The Labute approximate surface area is 140 Å². The van der Waals surface area contributed by atoms with E-state index >= 15 is 0 Å². The number of aliphatic hydroxyl groups is 1. The zero-order chi connectivity index (χ0) is 16.1. The number of aromatic nitrogens is 2. The maximum Gasteiger partial charge on any atom is 0.169 e. The molecule has 0 unspecified atom stereocenters. The summed E-state index contributed by atoms with van der Waals surface area (Å²) in [5.74, 6) is 1.70. The fourth-order valence-electron chi connectivity index (χ4n) is 2.41. The summed E-state index contributed by atoms with van der Waals surface area (Å²) in [4.78, 5) is 4.65. The minimum Gasteiger partial charge on any atom is -0.493 e. The Balaban J connectivity index is 1.62. The fraction of sp³-hybridized carbons (Fsp3) is 0.278. The molecule has 2 aromatic carbocycles. The van der Waals surface area contributed by atoms with Gasteiger partial charge in [0.2, 0.25) is 0 Å². The number of hydrogen-bond acceptors (Lipinski definition) is 4. The first-order valence-electron chi connectivity index (χ1n) is 7.66. The highest BCUT2D eigenvalue weighted by Gasteiger charge is 2.10. The molecule has 5 heteroatoms. The number of aryl methyl sites for hydroxylation is 1. The van der Waals surface area contributed by atoms with Crippen LogP contribution in [0.25, 0.3) is 11.0 Å². The third kappa shape index (κ3) is 3.86. The van der Waals surface area contributed by atoms with Crippen LogP contribution in [0.2, 0.25) is 0 Å². The fourth-order valence-corrected chi connectivity index (χ4v) is 3.26. The zero-order valence-corrected chi connectivity index (χ0v) is 13.9. The number of benzene rings is 2. The molecule has 1 N–H and O–H groups in total. The summed E-state index contributed by atoms with van der Waals surface area (Å²) in [6, 6.07) is 16.1. The van der Waals surface area contributed by atoms with Crippen LogP contribution in [-0.4, -0.2) is 33.6 Å². The highest BCUT2D eigenvalue weighted by molar-refractivity contribution is 7.99. The summed E-state index contributed by atoms with van der Waals surface area (Å²) in [5.41, 5.74) is 3.25. The molecule has 0 radical (unpaired) electrons. The molecule has 0 spiro atoms. The monoisotopic (exact) mass is 328 g/mol. The smallest absolute Gasteiger partial charge is 0.169 e. The van der Waals surface area contributed by atoms with Crippen molar-refractivity contribution in [3.05, 3.63) is 54.1 Å². The molecule has 23 heavy (non-hydrogen) atoms. The third-order valence-corrected chi connectivity index (χ3v) is 4.49. The highest BCUT2D eigenvalue weighted by Crippen LogP contribution is 2.24. The Hall–Kier alpha value is -1.98. The number of fused-ring (bicyclic) bond motifs is 1. The van der Waals surface area contributed by atoms with Crippen molar-refractivity contribution in [3.63, 3.8) is 0 Å². The van der Waals surface area contributed by atoms with Crippen molar-refractivity contribution in [2.45, 2.75) is 18.6 Å². The summed E-state index contributed by atoms with van der Waals surface area (Å²) in [5, 5.41) is 10.2. The van der Waals surface area contributed by atoms with E-state index in [2.05, 4.69) is 16.5 Å². The molecular weight excluding hydrogens is 308 g/mol. The van der Waals surface area contributed by atoms with Gasteiger partial charge in [-0.05, 0) is 31.2 Å². The van der Waals surface area contributed by atoms with E-state index in [0.717, 1.165) is 27.7 Å². The second kappa shape index (κ2) is 7.53. The van der Waals surface area contributed by atoms with Gasteiger partial charge in [0, 0.05) is 12.3 Å². The number of imidazole rings is 1. The SMILES string of the molecule is Cc1ccc(OCCSc2nc3ccccc3n2CCO)cc1. The van der Waals surface area contributed by atoms with Gasteiger partial charge in [-0.25, -0.2) is 4.98 Å². The number of rotatable bonds is 7. The molecule has 0 aliphatic heterocycles. The third-order valence-electron chi connectivity index (χ3n) is 3.55. The van der Waals surface area contributed by atoms with E-state index in [0.29, 0.717) is 13.2 Å². The van der Waals surface area contributed by atoms with Gasteiger partial charge in [-0.15, -0.1) is 0 Å². The molecule has 0 saturated heterocycles. The van der Waals surface area contributed by atoms with Gasteiger partial charge in [0.15, 0.2) is 5.16 Å². The van der Waals surface area contributed by atoms with Crippen LogP contribution in [0, 0.1) is 6.92 Å². The van der Waals surface area contributed by atoms with Crippen LogP contribution < -0.4 is 4.74 Å². The van der Waals surface area contributed by atoms with E-state index in [1.807, 2.05) is 48.5 Å². The molecular formula is C18H20N2O2S. The van der Waals surface area contributed by atoms with Gasteiger partial charge in [-0.2, -0.15) is 0 Å². The first-order chi connectivity index (χ1) is 11.3. The lowest BCUT2D eigenvalue weighted by atomic mass is 10.2. The van der Waals surface area contributed by atoms with Crippen LogP contribution >= 0.6 is 11.8 Å². The maximum atomic E-state index is 9.28. The van der Waals surface area contributed by atoms with Crippen LogP contribution in [0.4, 0.5) is 0 Å². The van der Waals surface area contributed by atoms with Gasteiger partial charge in [-0.1, -0.05) is 41.6 Å². The number of hydrogen-bond donors (Lipinski definition) is 1. The number of nitrogens with zero attached hydrogens (tertiary/aromatic N) is 2. The second-order valence-corrected chi connectivity index (χ2v) is 6.33. The second-order valence-electron chi connectivity index (χ2n) is 5.27. The molecule has 3 rings (SSSR count). The first-order valence-corrected chi connectivity index (χ1v) is 8.65. The van der Waals surface area contributed by atoms with Crippen LogP contribution in [0.1, 0.15) is 5.56 Å². The average molecular weight is 328 g/mol. The number of aliphatic hydroxyl groups excluding tert-OH is 1. The van der Waals surface area contributed by atoms with Crippen LogP contribution in [0.15, 0.2) is 53.7 Å². The molecule has 4 nitrogen and oxygen atoms in total. The largest absolute Gasteiger partial charge is 0.493 e. The maximum absolute atomic E-state index is 9.28. The molecule has 120 valence electrons. The number of thioether (sulfide) groups is 1. The first kappa shape index (κ1) is 15.9. The summed E-state index contributed by atoms with van der Waals surface area (Å²) < 4.78 is 7.81.